The largest absolute Gasteiger partial charge is 0.377 e. The molecule has 1 aromatic heterocycles. The standard InChI is InChI=1S/C13H16N2OS/c1-2-6-12-11(5-1)15-13(17-12)9-14-8-10-4-3-7-16-10/h1-2,5-6,10,14H,3-4,7-9H2. The molecule has 0 bridgehead atoms. The Morgan fingerprint density at radius 2 is 2.35 bits per heavy atom. The van der Waals surface area contributed by atoms with Gasteiger partial charge in [-0.3, -0.25) is 0 Å². The number of para-hydroxylation sites is 1. The molecule has 0 spiro atoms. The smallest absolute Gasteiger partial charge is 0.108 e. The summed E-state index contributed by atoms with van der Waals surface area (Å²) in [4.78, 5) is 4.59. The van der Waals surface area contributed by atoms with Crippen molar-refractivity contribution >= 4 is 21.6 Å². The van der Waals surface area contributed by atoms with Crippen LogP contribution in [0.1, 0.15) is 17.8 Å². The number of nitrogens with zero attached hydrogens (tertiary/aromatic N) is 1. The maximum absolute atomic E-state index is 5.57. The number of benzene rings is 1. The van der Waals surface area contributed by atoms with Gasteiger partial charge >= 0.3 is 0 Å². The van der Waals surface area contributed by atoms with Crippen LogP contribution in [0.5, 0.6) is 0 Å². The predicted octanol–water partition coefficient (Wildman–Crippen LogP) is 2.56. The Morgan fingerprint density at radius 3 is 3.18 bits per heavy atom. The van der Waals surface area contributed by atoms with Crippen molar-refractivity contribution in [3.8, 4) is 0 Å². The Kier molecular flexibility index (Phi) is 3.36. The van der Waals surface area contributed by atoms with E-state index in [1.54, 1.807) is 11.3 Å². The second kappa shape index (κ2) is 5.12. The van der Waals surface area contributed by atoms with Gasteiger partial charge in [-0.1, -0.05) is 12.1 Å². The molecule has 17 heavy (non-hydrogen) atoms. The van der Waals surface area contributed by atoms with Crippen LogP contribution in [-0.4, -0.2) is 24.2 Å². The second-order valence-corrected chi connectivity index (χ2v) is 5.46. The number of thiazole rings is 1. The number of hydrogen-bond donors (Lipinski definition) is 1. The average Bonchev–Trinajstić information content (AvgIpc) is 2.96. The van der Waals surface area contributed by atoms with Crippen molar-refractivity contribution < 1.29 is 4.74 Å². The highest BCUT2D eigenvalue weighted by atomic mass is 32.1. The minimum absolute atomic E-state index is 0.407. The normalized spacial score (nSPS) is 20.1. The van der Waals surface area contributed by atoms with Crippen LogP contribution in [0.4, 0.5) is 0 Å². The predicted molar refractivity (Wildman–Crippen MR) is 70.3 cm³/mol. The SMILES string of the molecule is c1ccc2sc(CNCC3CCCO3)nc2c1. The van der Waals surface area contributed by atoms with E-state index in [0.717, 1.165) is 30.2 Å². The summed E-state index contributed by atoms with van der Waals surface area (Å²) in [5.74, 6) is 0. The third-order valence-electron chi connectivity index (χ3n) is 3.01. The molecular formula is C13H16N2OS. The van der Waals surface area contributed by atoms with Gasteiger partial charge in [0.25, 0.3) is 0 Å². The first-order valence-corrected chi connectivity index (χ1v) is 6.90. The average molecular weight is 248 g/mol. The summed E-state index contributed by atoms with van der Waals surface area (Å²) in [6.07, 6.45) is 2.80. The third kappa shape index (κ3) is 2.65. The lowest BCUT2D eigenvalue weighted by molar-refractivity contribution is 0.110. The molecule has 0 amide bonds. The lowest BCUT2D eigenvalue weighted by Gasteiger charge is -2.08. The minimum Gasteiger partial charge on any atom is -0.377 e. The minimum atomic E-state index is 0.407. The molecule has 1 aromatic carbocycles. The number of aromatic nitrogens is 1. The van der Waals surface area contributed by atoms with Crippen molar-refractivity contribution in [3.63, 3.8) is 0 Å². The van der Waals surface area contributed by atoms with E-state index < -0.39 is 0 Å². The van der Waals surface area contributed by atoms with Gasteiger partial charge < -0.3 is 10.1 Å². The summed E-state index contributed by atoms with van der Waals surface area (Å²) in [6.45, 7) is 2.71. The van der Waals surface area contributed by atoms with Crippen molar-refractivity contribution in [1.82, 2.24) is 10.3 Å². The molecule has 1 atom stereocenters. The van der Waals surface area contributed by atoms with Crippen LogP contribution < -0.4 is 5.32 Å². The van der Waals surface area contributed by atoms with Crippen molar-refractivity contribution in [3.05, 3.63) is 29.3 Å². The monoisotopic (exact) mass is 248 g/mol. The Hall–Kier alpha value is -0.970. The van der Waals surface area contributed by atoms with E-state index in [1.165, 1.54) is 17.5 Å². The molecule has 1 saturated heterocycles. The number of rotatable bonds is 4. The molecule has 3 nitrogen and oxygen atoms in total. The molecule has 1 aliphatic heterocycles. The Morgan fingerprint density at radius 1 is 1.41 bits per heavy atom. The highest BCUT2D eigenvalue weighted by Crippen LogP contribution is 2.21. The molecule has 1 fully saturated rings. The zero-order chi connectivity index (χ0) is 11.5. The molecule has 2 aromatic rings. The van der Waals surface area contributed by atoms with Gasteiger partial charge in [-0.25, -0.2) is 4.98 Å². The van der Waals surface area contributed by atoms with E-state index in [2.05, 4.69) is 28.5 Å². The molecule has 4 heteroatoms. The number of hydrogen-bond acceptors (Lipinski definition) is 4. The summed E-state index contributed by atoms with van der Waals surface area (Å²) < 4.78 is 6.84. The summed E-state index contributed by atoms with van der Waals surface area (Å²) in [6, 6.07) is 8.28. The zero-order valence-electron chi connectivity index (χ0n) is 9.69. The van der Waals surface area contributed by atoms with Gasteiger partial charge in [-0.05, 0) is 25.0 Å². The summed E-state index contributed by atoms with van der Waals surface area (Å²) in [7, 11) is 0. The van der Waals surface area contributed by atoms with E-state index in [4.69, 9.17) is 4.74 Å². The molecule has 90 valence electrons. The molecule has 0 saturated carbocycles. The van der Waals surface area contributed by atoms with E-state index in [1.807, 2.05) is 6.07 Å². The molecule has 0 radical (unpaired) electrons. The van der Waals surface area contributed by atoms with Gasteiger partial charge in [0.1, 0.15) is 5.01 Å². The first-order chi connectivity index (χ1) is 8.42. The fourth-order valence-electron chi connectivity index (χ4n) is 2.14. The first-order valence-electron chi connectivity index (χ1n) is 6.08. The highest BCUT2D eigenvalue weighted by Gasteiger charge is 2.14. The van der Waals surface area contributed by atoms with Gasteiger partial charge in [0.2, 0.25) is 0 Å². The highest BCUT2D eigenvalue weighted by molar-refractivity contribution is 7.18. The molecule has 0 aliphatic carbocycles. The lowest BCUT2D eigenvalue weighted by atomic mass is 10.2. The number of fused-ring (bicyclic) bond motifs is 1. The van der Waals surface area contributed by atoms with E-state index in [0.29, 0.717) is 6.10 Å². The van der Waals surface area contributed by atoms with Crippen molar-refractivity contribution in [1.29, 1.82) is 0 Å². The fraction of sp³-hybridized carbons (Fsp3) is 0.462. The summed E-state index contributed by atoms with van der Waals surface area (Å²) in [5, 5.41) is 4.58. The third-order valence-corrected chi connectivity index (χ3v) is 4.05. The summed E-state index contributed by atoms with van der Waals surface area (Å²) >= 11 is 1.77. The van der Waals surface area contributed by atoms with Crippen LogP contribution in [0.2, 0.25) is 0 Å². The van der Waals surface area contributed by atoms with Crippen LogP contribution in [-0.2, 0) is 11.3 Å². The van der Waals surface area contributed by atoms with Gasteiger partial charge in [0.15, 0.2) is 0 Å². The summed E-state index contributed by atoms with van der Waals surface area (Å²) in [5.41, 5.74) is 1.10. The van der Waals surface area contributed by atoms with E-state index in [-0.39, 0.29) is 0 Å². The van der Waals surface area contributed by atoms with E-state index >= 15 is 0 Å². The van der Waals surface area contributed by atoms with Crippen LogP contribution in [0, 0.1) is 0 Å². The van der Waals surface area contributed by atoms with Gasteiger partial charge in [0.05, 0.1) is 16.3 Å². The Bertz CT molecular complexity index is 458. The van der Waals surface area contributed by atoms with Crippen molar-refractivity contribution in [2.45, 2.75) is 25.5 Å². The Labute approximate surface area is 105 Å². The van der Waals surface area contributed by atoms with Gasteiger partial charge in [0, 0.05) is 19.7 Å². The first kappa shape index (κ1) is 11.1. The molecular weight excluding hydrogens is 232 g/mol. The lowest BCUT2D eigenvalue weighted by Crippen LogP contribution is -2.25. The van der Waals surface area contributed by atoms with Crippen LogP contribution in [0.15, 0.2) is 24.3 Å². The van der Waals surface area contributed by atoms with Gasteiger partial charge in [-0.15, -0.1) is 11.3 Å². The van der Waals surface area contributed by atoms with Crippen molar-refractivity contribution in [2.75, 3.05) is 13.2 Å². The topological polar surface area (TPSA) is 34.1 Å². The quantitative estimate of drug-likeness (QED) is 0.903. The maximum atomic E-state index is 5.57. The molecule has 2 heterocycles. The number of nitrogens with one attached hydrogen (secondary N) is 1. The molecule has 1 unspecified atom stereocenters. The van der Waals surface area contributed by atoms with Crippen LogP contribution in [0.25, 0.3) is 10.2 Å². The fourth-order valence-corrected chi connectivity index (χ4v) is 3.08. The zero-order valence-corrected chi connectivity index (χ0v) is 10.5. The van der Waals surface area contributed by atoms with E-state index in [9.17, 15) is 0 Å². The van der Waals surface area contributed by atoms with Crippen LogP contribution >= 0.6 is 11.3 Å². The molecule has 3 rings (SSSR count). The molecule has 1 aliphatic rings. The number of ether oxygens (including phenoxy) is 1. The maximum Gasteiger partial charge on any atom is 0.108 e. The van der Waals surface area contributed by atoms with Gasteiger partial charge in [-0.2, -0.15) is 0 Å². The second-order valence-electron chi connectivity index (χ2n) is 4.34. The van der Waals surface area contributed by atoms with Crippen molar-refractivity contribution in [2.24, 2.45) is 0 Å². The molecule has 1 N–H and O–H groups in total. The Balaban J connectivity index is 1.57. The van der Waals surface area contributed by atoms with Crippen LogP contribution in [0.3, 0.4) is 0 Å².